The summed E-state index contributed by atoms with van der Waals surface area (Å²) in [5.41, 5.74) is 0. The number of hydrogen-bond donors (Lipinski definition) is 2. The molecule has 7 heavy (non-hydrogen) atoms. The molecule has 0 aromatic heterocycles. The second-order valence-electron chi connectivity index (χ2n) is 0.930. The molecule has 0 aliphatic heterocycles. The van der Waals surface area contributed by atoms with Gasteiger partial charge in [-0.15, -0.1) is 0 Å². The van der Waals surface area contributed by atoms with Crippen LogP contribution in [-0.2, 0) is 4.79 Å². The molecule has 0 atom stereocenters. The van der Waals surface area contributed by atoms with Gasteiger partial charge in [0.2, 0.25) is 5.91 Å². The predicted octanol–water partition coefficient (Wildman–Crippen LogP) is 0.176. The van der Waals surface area contributed by atoms with Crippen molar-refractivity contribution in [3.8, 4) is 0 Å². The fourth-order valence-electron chi connectivity index (χ4n) is 0.159. The van der Waals surface area contributed by atoms with E-state index < -0.39 is 0 Å². The average molecular weight is 117 g/mol. The topological polar surface area (TPSA) is 29.1 Å². The van der Waals surface area contributed by atoms with Gasteiger partial charge >= 0.3 is 0 Å². The molecule has 0 saturated carbocycles. The van der Waals surface area contributed by atoms with Gasteiger partial charge in [0, 0.05) is 0 Å². The summed E-state index contributed by atoms with van der Waals surface area (Å²) in [4.78, 5) is 10.2. The predicted molar refractivity (Wildman–Crippen MR) is 32.2 cm³/mol. The van der Waals surface area contributed by atoms with Crippen molar-refractivity contribution < 1.29 is 4.79 Å². The first-order valence-corrected chi connectivity index (χ1v) is 2.45. The van der Waals surface area contributed by atoms with Crippen LogP contribution in [0.2, 0.25) is 0 Å². The number of carbonyl (C=O) groups is 1. The smallest absolute Gasteiger partial charge is 0.233 e. The second-order valence-corrected chi connectivity index (χ2v) is 1.25. The first-order chi connectivity index (χ1) is 3.31. The molecular weight excluding hydrogens is 110 g/mol. The van der Waals surface area contributed by atoms with E-state index in [1.165, 1.54) is 6.20 Å². The van der Waals surface area contributed by atoms with E-state index in [0.29, 0.717) is 0 Å². The largest absolute Gasteiger partial charge is 0.333 e. The zero-order chi connectivity index (χ0) is 5.70. The lowest BCUT2D eigenvalue weighted by molar-refractivity contribution is -0.117. The molecule has 0 unspecified atom stereocenters. The third kappa shape index (κ3) is 3.39. The van der Waals surface area contributed by atoms with E-state index in [0.717, 1.165) is 0 Å². The van der Waals surface area contributed by atoms with E-state index in [2.05, 4.69) is 24.5 Å². The van der Waals surface area contributed by atoms with Crippen molar-refractivity contribution in [1.29, 1.82) is 0 Å². The van der Waals surface area contributed by atoms with Crippen molar-refractivity contribution in [2.24, 2.45) is 0 Å². The minimum absolute atomic E-state index is 0.127. The highest BCUT2D eigenvalue weighted by Gasteiger charge is 1.87. The van der Waals surface area contributed by atoms with Crippen molar-refractivity contribution in [3.05, 3.63) is 12.8 Å². The van der Waals surface area contributed by atoms with E-state index in [1.807, 2.05) is 0 Å². The molecule has 0 rings (SSSR count). The Labute approximate surface area is 48.0 Å². The van der Waals surface area contributed by atoms with Gasteiger partial charge in [0.05, 0.1) is 5.75 Å². The quantitative estimate of drug-likeness (QED) is 0.496. The summed E-state index contributed by atoms with van der Waals surface area (Å²) in [6.07, 6.45) is 1.33. The van der Waals surface area contributed by atoms with Crippen LogP contribution in [0.15, 0.2) is 12.8 Å². The van der Waals surface area contributed by atoms with Crippen LogP contribution in [-0.4, -0.2) is 11.7 Å². The van der Waals surface area contributed by atoms with E-state index >= 15 is 0 Å². The van der Waals surface area contributed by atoms with Crippen molar-refractivity contribution in [2.75, 3.05) is 5.75 Å². The summed E-state index contributed by atoms with van der Waals surface area (Å²) < 4.78 is 0. The first-order valence-electron chi connectivity index (χ1n) is 1.82. The Morgan fingerprint density at radius 1 is 2.00 bits per heavy atom. The molecule has 40 valence electrons. The van der Waals surface area contributed by atoms with Crippen LogP contribution in [0.25, 0.3) is 0 Å². The Kier molecular flexibility index (Phi) is 3.50. The normalized spacial score (nSPS) is 7.57. The number of carbonyl (C=O) groups excluding carboxylic acids is 1. The van der Waals surface area contributed by atoms with Crippen molar-refractivity contribution in [3.63, 3.8) is 0 Å². The third-order valence-electron chi connectivity index (χ3n) is 0.407. The Bertz CT molecular complexity index is 81.8. The third-order valence-corrected chi connectivity index (χ3v) is 0.694. The van der Waals surface area contributed by atoms with Gasteiger partial charge in [0.15, 0.2) is 0 Å². The zero-order valence-corrected chi connectivity index (χ0v) is 4.74. The minimum atomic E-state index is -0.127. The minimum Gasteiger partial charge on any atom is -0.333 e. The molecule has 0 aromatic rings. The summed E-state index contributed by atoms with van der Waals surface area (Å²) in [7, 11) is 0. The number of thiol groups is 1. The molecule has 0 aliphatic carbocycles. The van der Waals surface area contributed by atoms with E-state index in [9.17, 15) is 4.79 Å². The summed E-state index contributed by atoms with van der Waals surface area (Å²) >= 11 is 3.69. The fraction of sp³-hybridized carbons (Fsp3) is 0.250. The molecule has 1 amide bonds. The van der Waals surface area contributed by atoms with Gasteiger partial charge in [-0.2, -0.15) is 12.6 Å². The summed E-state index contributed by atoms with van der Waals surface area (Å²) in [6, 6.07) is 0. The van der Waals surface area contributed by atoms with Crippen molar-refractivity contribution >= 4 is 18.5 Å². The maximum Gasteiger partial charge on any atom is 0.233 e. The Morgan fingerprint density at radius 3 is 2.71 bits per heavy atom. The van der Waals surface area contributed by atoms with Crippen LogP contribution in [0.4, 0.5) is 0 Å². The van der Waals surface area contributed by atoms with E-state index in [4.69, 9.17) is 0 Å². The zero-order valence-electron chi connectivity index (χ0n) is 3.85. The molecular formula is C4H7NOS. The summed E-state index contributed by atoms with van der Waals surface area (Å²) in [5.74, 6) is 0.0878. The van der Waals surface area contributed by atoms with Crippen LogP contribution in [0.3, 0.4) is 0 Å². The maximum atomic E-state index is 10.2. The van der Waals surface area contributed by atoms with Crippen LogP contribution >= 0.6 is 12.6 Å². The number of nitrogens with one attached hydrogen (secondary N) is 1. The van der Waals surface area contributed by atoms with Crippen molar-refractivity contribution in [1.82, 2.24) is 5.32 Å². The van der Waals surface area contributed by atoms with Gasteiger partial charge in [-0.3, -0.25) is 4.79 Å². The SMILES string of the molecule is C=CNC(=O)CS. The molecule has 0 saturated heterocycles. The van der Waals surface area contributed by atoms with E-state index in [-0.39, 0.29) is 11.7 Å². The van der Waals surface area contributed by atoms with Gasteiger partial charge in [-0.25, -0.2) is 0 Å². The molecule has 2 nitrogen and oxygen atoms in total. The highest BCUT2D eigenvalue weighted by Crippen LogP contribution is 1.70. The molecule has 0 bridgehead atoms. The lowest BCUT2D eigenvalue weighted by atomic mass is 10.7. The highest BCUT2D eigenvalue weighted by molar-refractivity contribution is 7.81. The lowest BCUT2D eigenvalue weighted by Crippen LogP contribution is -2.17. The van der Waals surface area contributed by atoms with Crippen LogP contribution in [0, 0.1) is 0 Å². The summed E-state index contributed by atoms with van der Waals surface area (Å²) in [5, 5.41) is 2.34. The van der Waals surface area contributed by atoms with E-state index in [1.54, 1.807) is 0 Å². The molecule has 1 N–H and O–H groups in total. The lowest BCUT2D eigenvalue weighted by Gasteiger charge is -1.88. The second kappa shape index (κ2) is 3.74. The molecule has 0 heterocycles. The molecule has 0 aromatic carbocycles. The Hall–Kier alpha value is -0.440. The van der Waals surface area contributed by atoms with Gasteiger partial charge in [-0.1, -0.05) is 6.58 Å². The Morgan fingerprint density at radius 2 is 2.57 bits per heavy atom. The number of hydrogen-bond acceptors (Lipinski definition) is 2. The maximum absolute atomic E-state index is 10.2. The molecule has 0 aliphatic rings. The summed E-state index contributed by atoms with van der Waals surface area (Å²) in [6.45, 7) is 3.28. The fourth-order valence-corrected chi connectivity index (χ4v) is 0.251. The molecule has 0 fully saturated rings. The molecule has 0 radical (unpaired) electrons. The van der Waals surface area contributed by atoms with Crippen molar-refractivity contribution in [2.45, 2.75) is 0 Å². The van der Waals surface area contributed by atoms with Crippen LogP contribution in [0.1, 0.15) is 0 Å². The number of rotatable bonds is 2. The van der Waals surface area contributed by atoms with Crippen LogP contribution in [0.5, 0.6) is 0 Å². The van der Waals surface area contributed by atoms with Gasteiger partial charge < -0.3 is 5.32 Å². The molecule has 3 heteroatoms. The monoisotopic (exact) mass is 117 g/mol. The molecule has 0 spiro atoms. The Balaban J connectivity index is 3.17. The van der Waals surface area contributed by atoms with Gasteiger partial charge in [0.25, 0.3) is 0 Å². The van der Waals surface area contributed by atoms with Crippen LogP contribution < -0.4 is 5.32 Å². The standard InChI is InChI=1S/C4H7NOS/c1-2-5-4(6)3-7/h2,7H,1,3H2,(H,5,6). The van der Waals surface area contributed by atoms with Gasteiger partial charge in [-0.05, 0) is 6.20 Å². The highest BCUT2D eigenvalue weighted by atomic mass is 32.1. The average Bonchev–Trinajstić information content (AvgIpc) is 1.68. The number of amides is 1. The van der Waals surface area contributed by atoms with Gasteiger partial charge in [0.1, 0.15) is 0 Å². The first kappa shape index (κ1) is 6.56.